The fraction of sp³-hybridized carbons (Fsp3) is 0.750. The minimum absolute atomic E-state index is 0.0393. The highest BCUT2D eigenvalue weighted by Crippen LogP contribution is 2.42. The molecule has 1 saturated carbocycles. The first-order chi connectivity index (χ1) is 6.04. The smallest absolute Gasteiger partial charge is 0.236 e. The molecule has 1 aliphatic rings. The minimum atomic E-state index is -0.724. The van der Waals surface area contributed by atoms with Crippen LogP contribution in [0.2, 0.25) is 0 Å². The molecular weight excluding hydrogens is 170 g/mol. The summed E-state index contributed by atoms with van der Waals surface area (Å²) < 4.78 is 0. The van der Waals surface area contributed by atoms with Crippen LogP contribution in [0, 0.1) is 5.41 Å². The molecule has 0 aliphatic heterocycles. The summed E-state index contributed by atoms with van der Waals surface area (Å²) in [5.74, 6) is -0.0356. The maximum absolute atomic E-state index is 11.7. The van der Waals surface area contributed by atoms with Gasteiger partial charge in [-0.25, -0.2) is 0 Å². The molecular formula is C8H15N3O2. The van der Waals surface area contributed by atoms with Crippen molar-refractivity contribution in [3.63, 3.8) is 0 Å². The third-order valence-electron chi connectivity index (χ3n) is 2.62. The van der Waals surface area contributed by atoms with E-state index in [1.54, 1.807) is 14.1 Å². The summed E-state index contributed by atoms with van der Waals surface area (Å²) in [7, 11) is 3.35. The largest absolute Gasteiger partial charge is 0.409 e. The fourth-order valence-electron chi connectivity index (χ4n) is 1.63. The number of rotatable bonds is 2. The van der Waals surface area contributed by atoms with Crippen LogP contribution in [0.1, 0.15) is 19.3 Å². The predicted octanol–water partition coefficient (Wildman–Crippen LogP) is -0.00870. The zero-order valence-electron chi connectivity index (χ0n) is 7.95. The van der Waals surface area contributed by atoms with Gasteiger partial charge in [0.1, 0.15) is 5.41 Å². The van der Waals surface area contributed by atoms with Gasteiger partial charge in [-0.15, -0.1) is 0 Å². The topological polar surface area (TPSA) is 78.9 Å². The Morgan fingerprint density at radius 3 is 2.31 bits per heavy atom. The van der Waals surface area contributed by atoms with Crippen LogP contribution in [0.5, 0.6) is 0 Å². The molecule has 1 amide bonds. The molecule has 0 aromatic heterocycles. The van der Waals surface area contributed by atoms with Gasteiger partial charge in [0, 0.05) is 14.1 Å². The first kappa shape index (κ1) is 9.83. The van der Waals surface area contributed by atoms with Crippen molar-refractivity contribution in [2.24, 2.45) is 16.3 Å². The van der Waals surface area contributed by atoms with Gasteiger partial charge in [-0.05, 0) is 12.8 Å². The van der Waals surface area contributed by atoms with Crippen LogP contribution in [-0.4, -0.2) is 35.9 Å². The summed E-state index contributed by atoms with van der Waals surface area (Å²) in [6, 6.07) is 0. The number of hydrogen-bond donors (Lipinski definition) is 2. The Hall–Kier alpha value is -1.26. The number of carbonyl (C=O) groups excluding carboxylic acids is 1. The number of amidine groups is 1. The molecule has 0 bridgehead atoms. The van der Waals surface area contributed by atoms with Crippen LogP contribution in [-0.2, 0) is 4.79 Å². The van der Waals surface area contributed by atoms with E-state index in [1.165, 1.54) is 4.90 Å². The molecule has 74 valence electrons. The molecule has 1 fully saturated rings. The molecule has 1 rings (SSSR count). The van der Waals surface area contributed by atoms with Crippen molar-refractivity contribution in [3.8, 4) is 0 Å². The lowest BCUT2D eigenvalue weighted by atomic mass is 9.67. The molecule has 3 N–H and O–H groups in total. The van der Waals surface area contributed by atoms with Crippen molar-refractivity contribution in [2.75, 3.05) is 14.1 Å². The summed E-state index contributed by atoms with van der Waals surface area (Å²) in [6.07, 6.45) is 2.32. The molecule has 0 saturated heterocycles. The Balaban J connectivity index is 2.88. The second kappa shape index (κ2) is 3.24. The standard InChI is InChI=1S/C8H15N3O2/c1-11(2)7(12)8(4-3-5-8)6(9)10-13/h13H,3-5H2,1-2H3,(H2,9,10). The molecule has 5 heteroatoms. The van der Waals surface area contributed by atoms with Crippen LogP contribution in [0.25, 0.3) is 0 Å². The third kappa shape index (κ3) is 1.34. The van der Waals surface area contributed by atoms with E-state index in [2.05, 4.69) is 5.16 Å². The number of amides is 1. The van der Waals surface area contributed by atoms with Gasteiger partial charge in [-0.3, -0.25) is 4.79 Å². The second-order valence-corrected chi connectivity index (χ2v) is 3.62. The van der Waals surface area contributed by atoms with Crippen LogP contribution in [0.15, 0.2) is 5.16 Å². The first-order valence-corrected chi connectivity index (χ1v) is 4.24. The Morgan fingerprint density at radius 2 is 2.08 bits per heavy atom. The quantitative estimate of drug-likeness (QED) is 0.275. The molecule has 1 aliphatic carbocycles. The van der Waals surface area contributed by atoms with E-state index in [1.807, 2.05) is 0 Å². The van der Waals surface area contributed by atoms with Crippen molar-refractivity contribution in [2.45, 2.75) is 19.3 Å². The monoisotopic (exact) mass is 185 g/mol. The van der Waals surface area contributed by atoms with E-state index in [0.717, 1.165) is 6.42 Å². The number of oxime groups is 1. The van der Waals surface area contributed by atoms with E-state index >= 15 is 0 Å². The van der Waals surface area contributed by atoms with Crippen LogP contribution >= 0.6 is 0 Å². The molecule has 0 atom stereocenters. The van der Waals surface area contributed by atoms with Gasteiger partial charge >= 0.3 is 0 Å². The number of hydrogen-bond acceptors (Lipinski definition) is 3. The van der Waals surface area contributed by atoms with Gasteiger partial charge in [0.05, 0.1) is 0 Å². The van der Waals surface area contributed by atoms with Gasteiger partial charge in [-0.2, -0.15) is 0 Å². The molecule has 0 aromatic rings. The lowest BCUT2D eigenvalue weighted by molar-refractivity contribution is -0.139. The highest BCUT2D eigenvalue weighted by Gasteiger charge is 2.49. The van der Waals surface area contributed by atoms with E-state index in [-0.39, 0.29) is 11.7 Å². The molecule has 13 heavy (non-hydrogen) atoms. The predicted molar refractivity (Wildman–Crippen MR) is 48.4 cm³/mol. The molecule has 0 spiro atoms. The maximum Gasteiger partial charge on any atom is 0.236 e. The number of nitrogens with zero attached hydrogens (tertiary/aromatic N) is 2. The van der Waals surface area contributed by atoms with Gasteiger partial charge in [0.2, 0.25) is 5.91 Å². The Labute approximate surface area is 77.2 Å². The van der Waals surface area contributed by atoms with Crippen molar-refractivity contribution in [1.82, 2.24) is 4.90 Å². The summed E-state index contributed by atoms with van der Waals surface area (Å²) in [6.45, 7) is 0. The SMILES string of the molecule is CN(C)C(=O)C1(C(N)=NO)CCC1. The molecule has 0 heterocycles. The van der Waals surface area contributed by atoms with Crippen molar-refractivity contribution in [3.05, 3.63) is 0 Å². The molecule has 5 nitrogen and oxygen atoms in total. The van der Waals surface area contributed by atoms with Crippen molar-refractivity contribution in [1.29, 1.82) is 0 Å². The van der Waals surface area contributed by atoms with E-state index in [0.29, 0.717) is 12.8 Å². The third-order valence-corrected chi connectivity index (χ3v) is 2.62. The van der Waals surface area contributed by atoms with E-state index in [9.17, 15) is 4.79 Å². The molecule has 0 aromatic carbocycles. The molecule has 0 radical (unpaired) electrons. The van der Waals surface area contributed by atoms with Crippen LogP contribution in [0.4, 0.5) is 0 Å². The summed E-state index contributed by atoms with van der Waals surface area (Å²) in [5, 5.41) is 11.5. The lowest BCUT2D eigenvalue weighted by Crippen LogP contribution is -2.53. The Morgan fingerprint density at radius 1 is 1.54 bits per heavy atom. The van der Waals surface area contributed by atoms with Crippen LogP contribution in [0.3, 0.4) is 0 Å². The zero-order valence-corrected chi connectivity index (χ0v) is 7.95. The first-order valence-electron chi connectivity index (χ1n) is 4.24. The van der Waals surface area contributed by atoms with E-state index < -0.39 is 5.41 Å². The highest BCUT2D eigenvalue weighted by atomic mass is 16.4. The maximum atomic E-state index is 11.7. The fourth-order valence-corrected chi connectivity index (χ4v) is 1.63. The van der Waals surface area contributed by atoms with Gasteiger partial charge < -0.3 is 15.8 Å². The van der Waals surface area contributed by atoms with Crippen LogP contribution < -0.4 is 5.73 Å². The van der Waals surface area contributed by atoms with Crippen molar-refractivity contribution >= 4 is 11.7 Å². The highest BCUT2D eigenvalue weighted by molar-refractivity contribution is 6.07. The summed E-state index contributed by atoms with van der Waals surface area (Å²) >= 11 is 0. The van der Waals surface area contributed by atoms with Gasteiger partial charge in [-0.1, -0.05) is 11.6 Å². The van der Waals surface area contributed by atoms with Crippen molar-refractivity contribution < 1.29 is 10.0 Å². The Kier molecular flexibility index (Phi) is 2.45. The lowest BCUT2D eigenvalue weighted by Gasteiger charge is -2.40. The summed E-state index contributed by atoms with van der Waals surface area (Å²) in [4.78, 5) is 13.2. The average Bonchev–Trinajstić information content (AvgIpc) is 2.01. The van der Waals surface area contributed by atoms with Gasteiger partial charge in [0.15, 0.2) is 5.84 Å². The zero-order chi connectivity index (χ0) is 10.1. The summed E-state index contributed by atoms with van der Waals surface area (Å²) in [5.41, 5.74) is 4.78. The second-order valence-electron chi connectivity index (χ2n) is 3.62. The van der Waals surface area contributed by atoms with E-state index in [4.69, 9.17) is 10.9 Å². The van der Waals surface area contributed by atoms with Gasteiger partial charge in [0.25, 0.3) is 0 Å². The minimum Gasteiger partial charge on any atom is -0.409 e. The number of carbonyl (C=O) groups is 1. The normalized spacial score (nSPS) is 20.6. The molecule has 0 unspecified atom stereocenters. The Bertz CT molecular complexity index is 244. The average molecular weight is 185 g/mol. The number of nitrogens with two attached hydrogens (primary N) is 1.